The van der Waals surface area contributed by atoms with Gasteiger partial charge in [-0.15, -0.1) is 0 Å². The van der Waals surface area contributed by atoms with Gasteiger partial charge < -0.3 is 0 Å². The molecule has 0 saturated carbocycles. The zero-order chi connectivity index (χ0) is 15.9. The normalized spacial score (nSPS) is 26.1. The molecule has 1 aromatic carbocycles. The molecule has 116 valence electrons. The van der Waals surface area contributed by atoms with E-state index in [1.54, 1.807) is 18.2 Å². The van der Waals surface area contributed by atoms with Crippen LogP contribution in [0.5, 0.6) is 0 Å². The number of sulfone groups is 1. The molecular formula is C14H12FNO3S3. The molecule has 2 saturated heterocycles. The lowest BCUT2D eigenvalue weighted by Gasteiger charge is -2.20. The van der Waals surface area contributed by atoms with Gasteiger partial charge in [0, 0.05) is 0 Å². The summed E-state index contributed by atoms with van der Waals surface area (Å²) in [5.41, 5.74) is 0.569. The third-order valence-corrected chi connectivity index (χ3v) is 6.62. The molecule has 8 heteroatoms. The van der Waals surface area contributed by atoms with E-state index in [1.165, 1.54) is 17.0 Å². The standard InChI is InChI=1S/C14H12FNO3S3/c15-10-3-1-2-9(6-10)7-12-13(17)16(14(20)21-12)11-4-5-22(18,19)8-11/h1-3,6-7,11H,4-5,8H2. The van der Waals surface area contributed by atoms with Crippen molar-refractivity contribution >= 4 is 50.1 Å². The summed E-state index contributed by atoms with van der Waals surface area (Å²) < 4.78 is 36.7. The fourth-order valence-corrected chi connectivity index (χ4v) is 5.62. The second kappa shape index (κ2) is 5.75. The number of benzene rings is 1. The van der Waals surface area contributed by atoms with Gasteiger partial charge in [-0.05, 0) is 30.2 Å². The van der Waals surface area contributed by atoms with Crippen molar-refractivity contribution in [3.8, 4) is 0 Å². The molecular weight excluding hydrogens is 345 g/mol. The van der Waals surface area contributed by atoms with Gasteiger partial charge in [0.05, 0.1) is 22.5 Å². The fraction of sp³-hybridized carbons (Fsp3) is 0.286. The molecule has 0 aliphatic carbocycles. The molecule has 1 unspecified atom stereocenters. The van der Waals surface area contributed by atoms with Crippen LogP contribution in [-0.4, -0.2) is 41.1 Å². The monoisotopic (exact) mass is 357 g/mol. The van der Waals surface area contributed by atoms with Crippen LogP contribution in [0.15, 0.2) is 29.2 Å². The largest absolute Gasteiger partial charge is 0.289 e. The van der Waals surface area contributed by atoms with Crippen molar-refractivity contribution in [2.24, 2.45) is 0 Å². The third-order valence-electron chi connectivity index (χ3n) is 3.54. The van der Waals surface area contributed by atoms with Crippen LogP contribution in [0.25, 0.3) is 6.08 Å². The van der Waals surface area contributed by atoms with E-state index in [-0.39, 0.29) is 23.2 Å². The first kappa shape index (κ1) is 15.6. The molecule has 2 fully saturated rings. The summed E-state index contributed by atoms with van der Waals surface area (Å²) in [6.45, 7) is 0. The Morgan fingerprint density at radius 3 is 2.82 bits per heavy atom. The van der Waals surface area contributed by atoms with Gasteiger partial charge in [0.2, 0.25) is 0 Å². The van der Waals surface area contributed by atoms with Gasteiger partial charge in [0.1, 0.15) is 10.1 Å². The van der Waals surface area contributed by atoms with Crippen LogP contribution >= 0.6 is 24.0 Å². The molecule has 1 atom stereocenters. The first-order chi connectivity index (χ1) is 10.4. The van der Waals surface area contributed by atoms with Crippen molar-refractivity contribution in [3.05, 3.63) is 40.6 Å². The molecule has 0 radical (unpaired) electrons. The topological polar surface area (TPSA) is 54.5 Å². The van der Waals surface area contributed by atoms with Crippen molar-refractivity contribution in [2.75, 3.05) is 11.5 Å². The van der Waals surface area contributed by atoms with E-state index in [2.05, 4.69) is 0 Å². The molecule has 3 rings (SSSR count). The highest BCUT2D eigenvalue weighted by atomic mass is 32.2. The number of rotatable bonds is 2. The van der Waals surface area contributed by atoms with E-state index in [0.29, 0.717) is 21.2 Å². The number of hydrogen-bond donors (Lipinski definition) is 0. The van der Waals surface area contributed by atoms with Gasteiger partial charge in [0.15, 0.2) is 9.84 Å². The first-order valence-electron chi connectivity index (χ1n) is 6.59. The van der Waals surface area contributed by atoms with Crippen molar-refractivity contribution in [1.29, 1.82) is 0 Å². The molecule has 2 aliphatic heterocycles. The number of nitrogens with zero attached hydrogens (tertiary/aromatic N) is 1. The molecule has 1 amide bonds. The van der Waals surface area contributed by atoms with E-state index < -0.39 is 15.9 Å². The minimum atomic E-state index is -3.09. The summed E-state index contributed by atoms with van der Waals surface area (Å²) >= 11 is 6.33. The molecule has 2 aliphatic rings. The van der Waals surface area contributed by atoms with Gasteiger partial charge >= 0.3 is 0 Å². The number of carbonyl (C=O) groups is 1. The van der Waals surface area contributed by atoms with Crippen LogP contribution in [0.2, 0.25) is 0 Å². The zero-order valence-corrected chi connectivity index (χ0v) is 13.8. The van der Waals surface area contributed by atoms with Gasteiger partial charge in [0.25, 0.3) is 5.91 Å². The van der Waals surface area contributed by atoms with Crippen LogP contribution in [-0.2, 0) is 14.6 Å². The lowest BCUT2D eigenvalue weighted by molar-refractivity contribution is -0.123. The van der Waals surface area contributed by atoms with Crippen LogP contribution in [0.3, 0.4) is 0 Å². The highest BCUT2D eigenvalue weighted by molar-refractivity contribution is 8.26. The summed E-state index contributed by atoms with van der Waals surface area (Å²) in [6, 6.07) is 5.51. The predicted molar refractivity (Wildman–Crippen MR) is 88.5 cm³/mol. The van der Waals surface area contributed by atoms with Gasteiger partial charge in [-0.3, -0.25) is 9.69 Å². The Bertz CT molecular complexity index is 788. The van der Waals surface area contributed by atoms with Crippen molar-refractivity contribution in [2.45, 2.75) is 12.5 Å². The van der Waals surface area contributed by atoms with Crippen LogP contribution in [0, 0.1) is 5.82 Å². The number of carbonyl (C=O) groups excluding carboxylic acids is 1. The molecule has 0 bridgehead atoms. The maximum absolute atomic E-state index is 13.2. The smallest absolute Gasteiger partial charge is 0.266 e. The number of halogens is 1. The molecule has 2 heterocycles. The Labute approximate surface area is 137 Å². The highest BCUT2D eigenvalue weighted by Crippen LogP contribution is 2.36. The van der Waals surface area contributed by atoms with Gasteiger partial charge in [-0.1, -0.05) is 36.1 Å². The summed E-state index contributed by atoms with van der Waals surface area (Å²) in [6.07, 6.45) is 1.98. The summed E-state index contributed by atoms with van der Waals surface area (Å²) in [4.78, 5) is 14.2. The molecule has 0 spiro atoms. The van der Waals surface area contributed by atoms with Crippen LogP contribution in [0.1, 0.15) is 12.0 Å². The highest BCUT2D eigenvalue weighted by Gasteiger charge is 2.42. The van der Waals surface area contributed by atoms with Gasteiger partial charge in [-0.25, -0.2) is 12.8 Å². The lowest BCUT2D eigenvalue weighted by atomic mass is 10.2. The van der Waals surface area contributed by atoms with E-state index in [0.717, 1.165) is 11.8 Å². The maximum Gasteiger partial charge on any atom is 0.266 e. The Hall–Kier alpha value is -1.25. The third kappa shape index (κ3) is 3.09. The second-order valence-electron chi connectivity index (χ2n) is 5.16. The maximum atomic E-state index is 13.2. The molecule has 1 aromatic rings. The molecule has 22 heavy (non-hydrogen) atoms. The van der Waals surface area contributed by atoms with E-state index in [9.17, 15) is 17.6 Å². The Balaban J connectivity index is 1.86. The van der Waals surface area contributed by atoms with Crippen LogP contribution in [0.4, 0.5) is 4.39 Å². The number of thiocarbonyl (C=S) groups is 1. The second-order valence-corrected chi connectivity index (χ2v) is 9.07. The quantitative estimate of drug-likeness (QED) is 0.600. The SMILES string of the molecule is O=C1C(=Cc2cccc(F)c2)SC(=S)N1C1CCS(=O)(=O)C1. The average Bonchev–Trinajstić information content (AvgIpc) is 2.90. The number of amides is 1. The van der Waals surface area contributed by atoms with E-state index in [1.807, 2.05) is 0 Å². The number of hydrogen-bond acceptors (Lipinski definition) is 5. The minimum Gasteiger partial charge on any atom is -0.289 e. The Morgan fingerprint density at radius 1 is 1.41 bits per heavy atom. The summed E-state index contributed by atoms with van der Waals surface area (Å²) in [5, 5.41) is 0. The predicted octanol–water partition coefficient (Wildman–Crippen LogP) is 2.21. The summed E-state index contributed by atoms with van der Waals surface area (Å²) in [7, 11) is -3.09. The average molecular weight is 357 g/mol. The molecule has 4 nitrogen and oxygen atoms in total. The Morgan fingerprint density at radius 2 is 2.18 bits per heavy atom. The minimum absolute atomic E-state index is 0.0489. The number of thioether (sulfide) groups is 1. The lowest BCUT2D eigenvalue weighted by Crippen LogP contribution is -2.39. The van der Waals surface area contributed by atoms with Crippen molar-refractivity contribution < 1.29 is 17.6 Å². The van der Waals surface area contributed by atoms with Crippen LogP contribution < -0.4 is 0 Å². The zero-order valence-electron chi connectivity index (χ0n) is 11.4. The fourth-order valence-electron chi connectivity index (χ4n) is 2.52. The molecule has 0 N–H and O–H groups in total. The molecule has 0 aromatic heterocycles. The first-order valence-corrected chi connectivity index (χ1v) is 9.63. The van der Waals surface area contributed by atoms with E-state index in [4.69, 9.17) is 12.2 Å². The van der Waals surface area contributed by atoms with E-state index >= 15 is 0 Å². The van der Waals surface area contributed by atoms with Gasteiger partial charge in [-0.2, -0.15) is 0 Å². The summed E-state index contributed by atoms with van der Waals surface area (Å²) in [5.74, 6) is -0.655. The van der Waals surface area contributed by atoms with Crippen molar-refractivity contribution in [1.82, 2.24) is 4.90 Å². The van der Waals surface area contributed by atoms with Crippen molar-refractivity contribution in [3.63, 3.8) is 0 Å². The Kier molecular flexibility index (Phi) is 4.09.